The quantitative estimate of drug-likeness (QED) is 0.250. The van der Waals surface area contributed by atoms with Gasteiger partial charge in [0.2, 0.25) is 5.91 Å². The molecule has 1 aromatic rings. The van der Waals surface area contributed by atoms with Crippen LogP contribution in [-0.4, -0.2) is 68.6 Å². The molecule has 2 aliphatic rings. The molecule has 0 aromatic heterocycles. The molecule has 27 heavy (non-hydrogen) atoms. The van der Waals surface area contributed by atoms with E-state index in [1.807, 2.05) is 6.07 Å². The summed E-state index contributed by atoms with van der Waals surface area (Å²) >= 11 is 0. The van der Waals surface area contributed by atoms with E-state index in [1.165, 1.54) is 10.6 Å². The van der Waals surface area contributed by atoms with Gasteiger partial charge in [0.25, 0.3) is 0 Å². The smallest absolute Gasteiger partial charge is 0.324 e. The number of benzene rings is 1. The third-order valence-electron chi connectivity index (χ3n) is 4.67. The molecule has 1 atom stereocenters. The molecular weight excluding hydrogens is 459 g/mol. The summed E-state index contributed by atoms with van der Waals surface area (Å²) in [4.78, 5) is 31.0. The number of nitrogens with zero attached hydrogens (tertiary/aromatic N) is 3. The first-order chi connectivity index (χ1) is 12.7. The Kier molecular flexibility index (Phi) is 8.14. The number of carbonyl (C=O) groups excluding carboxylic acids is 2. The van der Waals surface area contributed by atoms with Gasteiger partial charge >= 0.3 is 6.03 Å². The summed E-state index contributed by atoms with van der Waals surface area (Å²) in [5.74, 6) is 0.502. The fourth-order valence-corrected chi connectivity index (χ4v) is 3.32. The van der Waals surface area contributed by atoms with Crippen LogP contribution in [0, 0.1) is 0 Å². The highest BCUT2D eigenvalue weighted by Gasteiger charge is 2.27. The number of halogens is 1. The maximum absolute atomic E-state index is 11.6. The summed E-state index contributed by atoms with van der Waals surface area (Å²) in [6, 6.07) is 10.4. The molecule has 1 unspecified atom stereocenters. The third-order valence-corrected chi connectivity index (χ3v) is 4.67. The number of urea groups is 1. The van der Waals surface area contributed by atoms with Crippen molar-refractivity contribution < 1.29 is 9.59 Å². The number of rotatable bonds is 5. The van der Waals surface area contributed by atoms with Gasteiger partial charge in [0.05, 0.1) is 6.54 Å². The SMILES string of the molecule is CN=C(NCCN1C(=O)CNC1=O)NC1CCCN(c2ccccc2)C1.I. The zero-order chi connectivity index (χ0) is 18.4. The Morgan fingerprint density at radius 2 is 2.07 bits per heavy atom. The molecule has 9 heteroatoms. The molecule has 2 saturated heterocycles. The largest absolute Gasteiger partial charge is 0.369 e. The van der Waals surface area contributed by atoms with Crippen LogP contribution in [0.4, 0.5) is 10.5 Å². The lowest BCUT2D eigenvalue weighted by Gasteiger charge is -2.35. The predicted octanol–water partition coefficient (Wildman–Crippen LogP) is 0.990. The van der Waals surface area contributed by atoms with Crippen molar-refractivity contribution in [3.05, 3.63) is 30.3 Å². The minimum Gasteiger partial charge on any atom is -0.369 e. The molecule has 0 radical (unpaired) electrons. The van der Waals surface area contributed by atoms with Gasteiger partial charge in [0.15, 0.2) is 5.96 Å². The van der Waals surface area contributed by atoms with Crippen LogP contribution in [0.3, 0.4) is 0 Å². The highest BCUT2D eigenvalue weighted by atomic mass is 127. The molecule has 3 rings (SSSR count). The molecule has 2 aliphatic heterocycles. The third kappa shape index (κ3) is 5.72. The number of hydrogen-bond donors (Lipinski definition) is 3. The van der Waals surface area contributed by atoms with Crippen LogP contribution in [0.25, 0.3) is 0 Å². The molecule has 0 bridgehead atoms. The van der Waals surface area contributed by atoms with Crippen LogP contribution in [0.1, 0.15) is 12.8 Å². The van der Waals surface area contributed by atoms with Gasteiger partial charge in [-0.2, -0.15) is 0 Å². The highest BCUT2D eigenvalue weighted by molar-refractivity contribution is 14.0. The van der Waals surface area contributed by atoms with Gasteiger partial charge in [0, 0.05) is 45.0 Å². The lowest BCUT2D eigenvalue weighted by molar-refractivity contribution is -0.124. The molecule has 1 aromatic carbocycles. The van der Waals surface area contributed by atoms with Crippen molar-refractivity contribution in [2.24, 2.45) is 4.99 Å². The van der Waals surface area contributed by atoms with Crippen molar-refractivity contribution in [1.82, 2.24) is 20.9 Å². The van der Waals surface area contributed by atoms with Gasteiger partial charge < -0.3 is 20.9 Å². The second kappa shape index (κ2) is 10.3. The van der Waals surface area contributed by atoms with Crippen LogP contribution in [0.5, 0.6) is 0 Å². The lowest BCUT2D eigenvalue weighted by Crippen LogP contribution is -2.52. The molecule has 3 amide bonds. The molecule has 0 spiro atoms. The topological polar surface area (TPSA) is 89.1 Å². The normalized spacial score (nSPS) is 20.2. The molecule has 3 N–H and O–H groups in total. The monoisotopic (exact) mass is 486 g/mol. The molecule has 0 saturated carbocycles. The predicted molar refractivity (Wildman–Crippen MR) is 117 cm³/mol. The van der Waals surface area contributed by atoms with Gasteiger partial charge in [-0.25, -0.2) is 4.79 Å². The first-order valence-corrected chi connectivity index (χ1v) is 9.03. The van der Waals surface area contributed by atoms with E-state index in [9.17, 15) is 9.59 Å². The summed E-state index contributed by atoms with van der Waals surface area (Å²) < 4.78 is 0. The standard InChI is InChI=1S/C18H26N6O2.HI/c1-19-17(20-9-11-24-16(25)12-21-18(24)26)22-14-6-5-10-23(13-14)15-7-3-2-4-8-15;/h2-4,7-8,14H,5-6,9-13H2,1H3,(H,21,26)(H2,19,20,22);1H. The molecule has 148 valence electrons. The van der Waals surface area contributed by atoms with Crippen LogP contribution < -0.4 is 20.9 Å². The molecule has 0 aliphatic carbocycles. The average Bonchev–Trinajstić information content (AvgIpc) is 3.00. The zero-order valence-corrected chi connectivity index (χ0v) is 17.8. The number of para-hydroxylation sites is 1. The van der Waals surface area contributed by atoms with E-state index in [0.717, 1.165) is 25.9 Å². The average molecular weight is 486 g/mol. The van der Waals surface area contributed by atoms with E-state index in [0.29, 0.717) is 25.1 Å². The zero-order valence-electron chi connectivity index (χ0n) is 15.5. The Morgan fingerprint density at radius 1 is 1.30 bits per heavy atom. The number of piperidine rings is 1. The maximum Gasteiger partial charge on any atom is 0.324 e. The number of carbonyl (C=O) groups is 2. The van der Waals surface area contributed by atoms with E-state index < -0.39 is 0 Å². The van der Waals surface area contributed by atoms with Gasteiger partial charge in [0.1, 0.15) is 0 Å². The van der Waals surface area contributed by atoms with Crippen LogP contribution >= 0.6 is 24.0 Å². The number of nitrogens with one attached hydrogen (secondary N) is 3. The van der Waals surface area contributed by atoms with E-state index in [-0.39, 0.29) is 42.5 Å². The Labute approximate surface area is 176 Å². The number of imide groups is 1. The van der Waals surface area contributed by atoms with Crippen molar-refractivity contribution in [3.63, 3.8) is 0 Å². The van der Waals surface area contributed by atoms with E-state index >= 15 is 0 Å². The lowest BCUT2D eigenvalue weighted by atomic mass is 10.1. The van der Waals surface area contributed by atoms with Crippen LogP contribution in [-0.2, 0) is 4.79 Å². The fourth-order valence-electron chi connectivity index (χ4n) is 3.32. The summed E-state index contributed by atoms with van der Waals surface area (Å²) in [5.41, 5.74) is 1.24. The number of aliphatic imine (C=N–C) groups is 1. The van der Waals surface area contributed by atoms with Crippen molar-refractivity contribution in [1.29, 1.82) is 0 Å². The summed E-state index contributed by atoms with van der Waals surface area (Å²) in [6.07, 6.45) is 2.20. The molecular formula is C18H27IN6O2. The van der Waals surface area contributed by atoms with Crippen LogP contribution in [0.15, 0.2) is 35.3 Å². The van der Waals surface area contributed by atoms with E-state index in [2.05, 4.69) is 50.1 Å². The minimum atomic E-state index is -0.328. The summed E-state index contributed by atoms with van der Waals surface area (Å²) in [7, 11) is 1.72. The molecule has 8 nitrogen and oxygen atoms in total. The number of amides is 3. The Bertz CT molecular complexity index is 653. The Balaban J connectivity index is 0.00000261. The minimum absolute atomic E-state index is 0. The summed E-state index contributed by atoms with van der Waals surface area (Å²) in [5, 5.41) is 9.15. The van der Waals surface area contributed by atoms with E-state index in [4.69, 9.17) is 0 Å². The van der Waals surface area contributed by atoms with Gasteiger partial charge in [-0.3, -0.25) is 14.7 Å². The van der Waals surface area contributed by atoms with Crippen LogP contribution in [0.2, 0.25) is 0 Å². The number of hydrogen-bond acceptors (Lipinski definition) is 4. The first kappa shape index (κ1) is 21.3. The van der Waals surface area contributed by atoms with Gasteiger partial charge in [-0.05, 0) is 25.0 Å². The number of anilines is 1. The Hall–Kier alpha value is -2.04. The maximum atomic E-state index is 11.6. The molecule has 2 fully saturated rings. The Morgan fingerprint density at radius 3 is 2.74 bits per heavy atom. The van der Waals surface area contributed by atoms with Crippen molar-refractivity contribution in [3.8, 4) is 0 Å². The van der Waals surface area contributed by atoms with E-state index in [1.54, 1.807) is 7.05 Å². The first-order valence-electron chi connectivity index (χ1n) is 9.03. The van der Waals surface area contributed by atoms with Crippen molar-refractivity contribution >= 4 is 47.6 Å². The second-order valence-electron chi connectivity index (χ2n) is 6.47. The second-order valence-corrected chi connectivity index (χ2v) is 6.47. The summed E-state index contributed by atoms with van der Waals surface area (Å²) in [6.45, 7) is 2.85. The number of guanidine groups is 1. The van der Waals surface area contributed by atoms with Crippen molar-refractivity contribution in [2.75, 3.05) is 44.7 Å². The fraction of sp³-hybridized carbons (Fsp3) is 0.500. The molecule has 2 heterocycles. The van der Waals surface area contributed by atoms with Crippen molar-refractivity contribution in [2.45, 2.75) is 18.9 Å². The highest BCUT2D eigenvalue weighted by Crippen LogP contribution is 2.19. The van der Waals surface area contributed by atoms with Gasteiger partial charge in [-0.15, -0.1) is 24.0 Å². The van der Waals surface area contributed by atoms with Gasteiger partial charge in [-0.1, -0.05) is 18.2 Å².